The average Bonchev–Trinajstić information content (AvgIpc) is 3.19. The van der Waals surface area contributed by atoms with Gasteiger partial charge in [0.1, 0.15) is 12.2 Å². The molecule has 10 nitrogen and oxygen atoms in total. The van der Waals surface area contributed by atoms with Crippen LogP contribution in [0.15, 0.2) is 36.5 Å². The van der Waals surface area contributed by atoms with Gasteiger partial charge in [-0.3, -0.25) is 18.6 Å². The van der Waals surface area contributed by atoms with E-state index in [1.54, 1.807) is 0 Å². The van der Waals surface area contributed by atoms with Crippen molar-refractivity contribution >= 4 is 19.8 Å². The molecule has 0 spiro atoms. The van der Waals surface area contributed by atoms with Crippen LogP contribution < -0.4 is 0 Å². The molecule has 3 unspecified atom stereocenters. The summed E-state index contributed by atoms with van der Waals surface area (Å²) in [7, 11) is -4.64. The van der Waals surface area contributed by atoms with Crippen LogP contribution in [0.4, 0.5) is 0 Å². The Bertz CT molecular complexity index is 1030. The highest BCUT2D eigenvalue weighted by Gasteiger charge is 2.27. The summed E-state index contributed by atoms with van der Waals surface area (Å²) < 4.78 is 32.6. The Morgan fingerprint density at radius 1 is 0.482 bits per heavy atom. The van der Waals surface area contributed by atoms with Gasteiger partial charge in [-0.25, -0.2) is 4.57 Å². The van der Waals surface area contributed by atoms with Crippen molar-refractivity contribution in [3.63, 3.8) is 0 Å². The third-order valence-electron chi connectivity index (χ3n) is 9.57. The van der Waals surface area contributed by atoms with Gasteiger partial charge in [0.2, 0.25) is 0 Å². The first-order chi connectivity index (χ1) is 27.3. The average molecular weight is 815 g/mol. The largest absolute Gasteiger partial charge is 0.472 e. The van der Waals surface area contributed by atoms with Crippen LogP contribution in [-0.4, -0.2) is 65.7 Å². The summed E-state index contributed by atoms with van der Waals surface area (Å²) >= 11 is 0. The third kappa shape index (κ3) is 39.0. The van der Waals surface area contributed by atoms with Gasteiger partial charge in [-0.2, -0.15) is 0 Å². The predicted octanol–water partition coefficient (Wildman–Crippen LogP) is 11.9. The number of allylic oxidation sites excluding steroid dienone is 6. The van der Waals surface area contributed by atoms with Gasteiger partial charge in [-0.15, -0.1) is 0 Å². The molecule has 0 bridgehead atoms. The molecule has 3 atom stereocenters. The molecule has 0 radical (unpaired) electrons. The molecule has 56 heavy (non-hydrogen) atoms. The number of phosphoric ester groups is 1. The van der Waals surface area contributed by atoms with Crippen LogP contribution in [-0.2, 0) is 32.7 Å². The topological polar surface area (TPSA) is 149 Å². The monoisotopic (exact) mass is 815 g/mol. The van der Waals surface area contributed by atoms with Crippen LogP contribution in [0.3, 0.4) is 0 Å². The molecule has 0 fully saturated rings. The summed E-state index contributed by atoms with van der Waals surface area (Å²) in [6.07, 6.45) is 42.6. The Morgan fingerprint density at radius 3 is 1.16 bits per heavy atom. The van der Waals surface area contributed by atoms with Crippen molar-refractivity contribution < 1.29 is 47.8 Å². The summed E-state index contributed by atoms with van der Waals surface area (Å²) in [5.41, 5.74) is 0. The number of hydrogen-bond donors (Lipinski definition) is 3. The summed E-state index contributed by atoms with van der Waals surface area (Å²) in [5, 5.41) is 19.2. The molecule has 0 amide bonds. The molecule has 328 valence electrons. The van der Waals surface area contributed by atoms with E-state index < -0.39 is 58.4 Å². The minimum absolute atomic E-state index is 0.182. The Balaban J connectivity index is 3.89. The second-order valence-corrected chi connectivity index (χ2v) is 16.5. The lowest BCUT2D eigenvalue weighted by Crippen LogP contribution is -2.28. The number of carbonyl (C=O) groups excluding carboxylic acids is 2. The molecule has 0 aromatic heterocycles. The van der Waals surface area contributed by atoms with E-state index in [-0.39, 0.29) is 12.8 Å². The van der Waals surface area contributed by atoms with E-state index in [2.05, 4.69) is 50.3 Å². The smallest absolute Gasteiger partial charge is 0.457 e. The van der Waals surface area contributed by atoms with Crippen molar-refractivity contribution in [2.24, 2.45) is 0 Å². The first-order valence-electron chi connectivity index (χ1n) is 22.4. The zero-order valence-corrected chi connectivity index (χ0v) is 36.5. The SMILES string of the molecule is CCCCC/C=C\CCCCCCCC(=O)OC(CO)COP(=O)(O)OCC(CO)OC(=O)CCCCCCCCCCC/C=C\C/C=C\CCCCCCC. The molecule has 0 aromatic rings. The van der Waals surface area contributed by atoms with E-state index in [1.165, 1.54) is 89.9 Å². The van der Waals surface area contributed by atoms with Crippen molar-refractivity contribution in [1.82, 2.24) is 0 Å². The Hall–Kier alpha value is -1.81. The van der Waals surface area contributed by atoms with Gasteiger partial charge < -0.3 is 24.6 Å². The number of esters is 2. The van der Waals surface area contributed by atoms with Gasteiger partial charge in [0.15, 0.2) is 0 Å². The quantitative estimate of drug-likeness (QED) is 0.0235. The molecule has 0 aromatic carbocycles. The lowest BCUT2D eigenvalue weighted by Gasteiger charge is -2.20. The zero-order valence-electron chi connectivity index (χ0n) is 35.6. The molecular formula is C45H83O10P. The number of ether oxygens (including phenoxy) is 2. The van der Waals surface area contributed by atoms with E-state index in [0.29, 0.717) is 12.8 Å². The van der Waals surface area contributed by atoms with Crippen LogP contribution >= 0.6 is 7.82 Å². The molecular weight excluding hydrogens is 731 g/mol. The van der Waals surface area contributed by atoms with Crippen LogP contribution in [0, 0.1) is 0 Å². The van der Waals surface area contributed by atoms with Crippen molar-refractivity contribution in [2.45, 2.75) is 212 Å². The van der Waals surface area contributed by atoms with E-state index in [0.717, 1.165) is 70.6 Å². The van der Waals surface area contributed by atoms with Gasteiger partial charge >= 0.3 is 19.8 Å². The molecule has 11 heteroatoms. The van der Waals surface area contributed by atoms with Gasteiger partial charge in [-0.1, -0.05) is 153 Å². The highest BCUT2D eigenvalue weighted by Crippen LogP contribution is 2.43. The first-order valence-corrected chi connectivity index (χ1v) is 23.9. The maximum absolute atomic E-state index is 12.4. The molecule has 0 heterocycles. The second-order valence-electron chi connectivity index (χ2n) is 15.0. The number of unbranched alkanes of at least 4 members (excludes halogenated alkanes) is 22. The third-order valence-corrected chi connectivity index (χ3v) is 10.5. The van der Waals surface area contributed by atoms with Crippen molar-refractivity contribution in [1.29, 1.82) is 0 Å². The fraction of sp³-hybridized carbons (Fsp3) is 0.822. The molecule has 0 rings (SSSR count). The van der Waals surface area contributed by atoms with Gasteiger partial charge in [0, 0.05) is 12.8 Å². The van der Waals surface area contributed by atoms with E-state index in [9.17, 15) is 29.3 Å². The highest BCUT2D eigenvalue weighted by molar-refractivity contribution is 7.47. The number of phosphoric acid groups is 1. The molecule has 0 aliphatic heterocycles. The molecule has 0 aliphatic carbocycles. The second kappa shape index (κ2) is 41.4. The van der Waals surface area contributed by atoms with Gasteiger partial charge in [-0.05, 0) is 70.6 Å². The Morgan fingerprint density at radius 2 is 0.786 bits per heavy atom. The van der Waals surface area contributed by atoms with Crippen molar-refractivity contribution in [2.75, 3.05) is 26.4 Å². The molecule has 0 saturated carbocycles. The zero-order chi connectivity index (χ0) is 41.2. The lowest BCUT2D eigenvalue weighted by atomic mass is 10.1. The Kier molecular flexibility index (Phi) is 40.0. The van der Waals surface area contributed by atoms with Gasteiger partial charge in [0.25, 0.3) is 0 Å². The van der Waals surface area contributed by atoms with E-state index >= 15 is 0 Å². The molecule has 3 N–H and O–H groups in total. The molecule has 0 aliphatic rings. The number of carbonyl (C=O) groups is 2. The number of aliphatic hydroxyl groups excluding tert-OH is 2. The fourth-order valence-electron chi connectivity index (χ4n) is 6.08. The first kappa shape index (κ1) is 54.2. The standard InChI is InChI=1S/C45H83O10P/c1-3-5-7-9-11-13-15-17-18-19-20-21-22-23-24-25-27-29-31-33-35-37-45(49)55-43(39-47)41-53-56(50,51)52-40-42(38-46)54-44(48)36-34-32-30-28-26-16-14-12-10-8-6-4-2/h12,14-15,17,19-20,42-43,46-47H,3-11,13,16,18,21-41H2,1-2H3,(H,50,51)/b14-12-,17-15-,20-19-. The van der Waals surface area contributed by atoms with Crippen LogP contribution in [0.2, 0.25) is 0 Å². The lowest BCUT2D eigenvalue weighted by molar-refractivity contribution is -0.153. The van der Waals surface area contributed by atoms with E-state index in [1.807, 2.05) is 0 Å². The summed E-state index contributed by atoms with van der Waals surface area (Å²) in [4.78, 5) is 34.5. The maximum Gasteiger partial charge on any atom is 0.472 e. The van der Waals surface area contributed by atoms with Crippen LogP contribution in [0.5, 0.6) is 0 Å². The minimum Gasteiger partial charge on any atom is -0.457 e. The van der Waals surface area contributed by atoms with Crippen LogP contribution in [0.1, 0.15) is 200 Å². The fourth-order valence-corrected chi connectivity index (χ4v) is 6.86. The normalized spacial score (nSPS) is 14.2. The summed E-state index contributed by atoms with van der Waals surface area (Å²) in [6.45, 7) is 2.16. The van der Waals surface area contributed by atoms with Crippen LogP contribution in [0.25, 0.3) is 0 Å². The highest BCUT2D eigenvalue weighted by atomic mass is 31.2. The van der Waals surface area contributed by atoms with Crippen molar-refractivity contribution in [3.05, 3.63) is 36.5 Å². The number of rotatable bonds is 42. The summed E-state index contributed by atoms with van der Waals surface area (Å²) in [5.74, 6) is -1.03. The summed E-state index contributed by atoms with van der Waals surface area (Å²) in [6, 6.07) is 0. The van der Waals surface area contributed by atoms with Gasteiger partial charge in [0.05, 0.1) is 26.4 Å². The van der Waals surface area contributed by atoms with Crippen molar-refractivity contribution in [3.8, 4) is 0 Å². The number of aliphatic hydroxyl groups is 2. The van der Waals surface area contributed by atoms with E-state index in [4.69, 9.17) is 18.5 Å². The molecule has 0 saturated heterocycles. The predicted molar refractivity (Wildman–Crippen MR) is 228 cm³/mol. The minimum atomic E-state index is -4.64. The number of hydrogen-bond acceptors (Lipinski definition) is 9. The Labute approximate surface area is 341 Å². The maximum atomic E-state index is 12.4.